The van der Waals surface area contributed by atoms with E-state index in [4.69, 9.17) is 4.42 Å². The molecule has 0 saturated heterocycles. The molecule has 5 nitrogen and oxygen atoms in total. The molecule has 24 heavy (non-hydrogen) atoms. The number of carbonyl (C=O) groups is 1. The standard InChI is InChI=1S/C18H17N3O2S/c1-11-8-9-13(24-3)10-15(11)17(22)19-16-7-5-4-6-14(16)18-21-20-12(2)23-18/h4-10H,1-3H3,(H,19,22). The van der Waals surface area contributed by atoms with E-state index in [2.05, 4.69) is 15.5 Å². The van der Waals surface area contributed by atoms with Crippen LogP contribution in [-0.2, 0) is 0 Å². The van der Waals surface area contributed by atoms with Crippen molar-refractivity contribution in [3.8, 4) is 11.5 Å². The SMILES string of the molecule is CSc1ccc(C)c(C(=O)Nc2ccccc2-c2nnc(C)o2)c1. The van der Waals surface area contributed by atoms with E-state index in [0.717, 1.165) is 10.5 Å². The summed E-state index contributed by atoms with van der Waals surface area (Å²) in [5, 5.41) is 10.8. The molecule has 122 valence electrons. The van der Waals surface area contributed by atoms with Crippen molar-refractivity contribution in [2.75, 3.05) is 11.6 Å². The minimum Gasteiger partial charge on any atom is -0.421 e. The highest BCUT2D eigenvalue weighted by molar-refractivity contribution is 7.98. The molecule has 0 aliphatic carbocycles. The van der Waals surface area contributed by atoms with Gasteiger partial charge in [-0.25, -0.2) is 0 Å². The van der Waals surface area contributed by atoms with Gasteiger partial charge in [0, 0.05) is 17.4 Å². The van der Waals surface area contributed by atoms with Gasteiger partial charge in [0.1, 0.15) is 0 Å². The van der Waals surface area contributed by atoms with Crippen molar-refractivity contribution in [1.82, 2.24) is 10.2 Å². The number of benzene rings is 2. The Balaban J connectivity index is 1.93. The zero-order valence-electron chi connectivity index (χ0n) is 13.7. The molecule has 0 aliphatic rings. The molecule has 3 rings (SSSR count). The molecule has 0 bridgehead atoms. The lowest BCUT2D eigenvalue weighted by molar-refractivity contribution is 0.102. The van der Waals surface area contributed by atoms with Crippen LogP contribution in [0.15, 0.2) is 51.8 Å². The Hall–Kier alpha value is -2.60. The number of amides is 1. The molecular formula is C18H17N3O2S. The summed E-state index contributed by atoms with van der Waals surface area (Å²) in [6.07, 6.45) is 1.99. The maximum absolute atomic E-state index is 12.7. The van der Waals surface area contributed by atoms with Crippen molar-refractivity contribution in [3.05, 3.63) is 59.5 Å². The number of nitrogens with one attached hydrogen (secondary N) is 1. The monoisotopic (exact) mass is 339 g/mol. The lowest BCUT2D eigenvalue weighted by Crippen LogP contribution is -2.14. The van der Waals surface area contributed by atoms with Gasteiger partial charge in [-0.1, -0.05) is 18.2 Å². The summed E-state index contributed by atoms with van der Waals surface area (Å²) in [5.41, 5.74) is 2.92. The number of hydrogen-bond acceptors (Lipinski definition) is 5. The van der Waals surface area contributed by atoms with E-state index in [9.17, 15) is 4.79 Å². The Morgan fingerprint density at radius 1 is 1.12 bits per heavy atom. The number of aryl methyl sites for hydroxylation is 2. The molecule has 0 spiro atoms. The second-order valence-electron chi connectivity index (χ2n) is 5.31. The minimum atomic E-state index is -0.160. The van der Waals surface area contributed by atoms with Crippen LogP contribution in [-0.4, -0.2) is 22.4 Å². The first-order valence-electron chi connectivity index (χ1n) is 7.44. The van der Waals surface area contributed by atoms with Gasteiger partial charge in [0.2, 0.25) is 11.8 Å². The third kappa shape index (κ3) is 3.33. The van der Waals surface area contributed by atoms with Gasteiger partial charge >= 0.3 is 0 Å². The number of anilines is 1. The molecule has 0 unspecified atom stereocenters. The van der Waals surface area contributed by atoms with Gasteiger partial charge in [0.15, 0.2) is 0 Å². The van der Waals surface area contributed by atoms with Crippen LogP contribution in [0.5, 0.6) is 0 Å². The molecule has 0 aliphatic heterocycles. The lowest BCUT2D eigenvalue weighted by Gasteiger charge is -2.11. The Morgan fingerprint density at radius 2 is 1.92 bits per heavy atom. The van der Waals surface area contributed by atoms with Crippen molar-refractivity contribution < 1.29 is 9.21 Å². The van der Waals surface area contributed by atoms with Crippen LogP contribution in [0, 0.1) is 13.8 Å². The van der Waals surface area contributed by atoms with Crippen LogP contribution in [0.3, 0.4) is 0 Å². The summed E-state index contributed by atoms with van der Waals surface area (Å²) in [6, 6.07) is 13.2. The molecule has 6 heteroatoms. The zero-order chi connectivity index (χ0) is 17.1. The third-order valence-electron chi connectivity index (χ3n) is 3.62. The summed E-state index contributed by atoms with van der Waals surface area (Å²) in [4.78, 5) is 13.8. The summed E-state index contributed by atoms with van der Waals surface area (Å²) in [6.45, 7) is 3.65. The number of hydrogen-bond donors (Lipinski definition) is 1. The lowest BCUT2D eigenvalue weighted by atomic mass is 10.1. The van der Waals surface area contributed by atoms with Crippen molar-refractivity contribution in [2.45, 2.75) is 18.7 Å². The first kappa shape index (κ1) is 16.3. The van der Waals surface area contributed by atoms with Crippen LogP contribution in [0.2, 0.25) is 0 Å². The molecule has 2 aromatic carbocycles. The number of nitrogens with zero attached hydrogens (tertiary/aromatic N) is 2. The maximum Gasteiger partial charge on any atom is 0.255 e. The predicted octanol–water partition coefficient (Wildman–Crippen LogP) is 4.33. The van der Waals surface area contributed by atoms with E-state index in [1.54, 1.807) is 18.7 Å². The zero-order valence-corrected chi connectivity index (χ0v) is 14.5. The van der Waals surface area contributed by atoms with Gasteiger partial charge in [-0.2, -0.15) is 0 Å². The van der Waals surface area contributed by atoms with Gasteiger partial charge in [-0.15, -0.1) is 22.0 Å². The molecule has 0 saturated carbocycles. The molecule has 3 aromatic rings. The molecule has 1 amide bonds. The van der Waals surface area contributed by atoms with Crippen molar-refractivity contribution in [2.24, 2.45) is 0 Å². The number of carbonyl (C=O) groups excluding carboxylic acids is 1. The summed E-state index contributed by atoms with van der Waals surface area (Å²) in [5.74, 6) is 0.708. The normalized spacial score (nSPS) is 10.6. The Bertz CT molecular complexity index is 889. The van der Waals surface area contributed by atoms with Crippen LogP contribution in [0.4, 0.5) is 5.69 Å². The van der Waals surface area contributed by atoms with Gasteiger partial charge in [-0.3, -0.25) is 4.79 Å². The Morgan fingerprint density at radius 3 is 2.62 bits per heavy atom. The molecule has 1 N–H and O–H groups in total. The fourth-order valence-corrected chi connectivity index (χ4v) is 2.79. The fraction of sp³-hybridized carbons (Fsp3) is 0.167. The number of aromatic nitrogens is 2. The highest BCUT2D eigenvalue weighted by Gasteiger charge is 2.15. The molecule has 1 aromatic heterocycles. The fourth-order valence-electron chi connectivity index (χ4n) is 2.35. The average molecular weight is 339 g/mol. The highest BCUT2D eigenvalue weighted by atomic mass is 32.2. The van der Waals surface area contributed by atoms with Gasteiger partial charge in [-0.05, 0) is 43.0 Å². The van der Waals surface area contributed by atoms with Gasteiger partial charge in [0.05, 0.1) is 11.3 Å². The minimum absolute atomic E-state index is 0.160. The van der Waals surface area contributed by atoms with E-state index in [0.29, 0.717) is 28.6 Å². The first-order valence-corrected chi connectivity index (χ1v) is 8.66. The summed E-state index contributed by atoms with van der Waals surface area (Å²) in [7, 11) is 0. The van der Waals surface area contributed by atoms with Crippen molar-refractivity contribution in [1.29, 1.82) is 0 Å². The molecule has 0 fully saturated rings. The van der Waals surface area contributed by atoms with Crippen LogP contribution in [0.25, 0.3) is 11.5 Å². The van der Waals surface area contributed by atoms with E-state index in [-0.39, 0.29) is 5.91 Å². The third-order valence-corrected chi connectivity index (χ3v) is 4.35. The van der Waals surface area contributed by atoms with Gasteiger partial charge < -0.3 is 9.73 Å². The molecular weight excluding hydrogens is 322 g/mol. The highest BCUT2D eigenvalue weighted by Crippen LogP contribution is 2.28. The summed E-state index contributed by atoms with van der Waals surface area (Å²) < 4.78 is 5.48. The molecule has 1 heterocycles. The van der Waals surface area contributed by atoms with E-state index < -0.39 is 0 Å². The smallest absolute Gasteiger partial charge is 0.255 e. The van der Waals surface area contributed by atoms with E-state index >= 15 is 0 Å². The van der Waals surface area contributed by atoms with E-state index in [1.807, 2.05) is 55.6 Å². The Kier molecular flexibility index (Phi) is 4.66. The second-order valence-corrected chi connectivity index (χ2v) is 6.19. The average Bonchev–Trinajstić information content (AvgIpc) is 3.02. The van der Waals surface area contributed by atoms with Crippen molar-refractivity contribution in [3.63, 3.8) is 0 Å². The van der Waals surface area contributed by atoms with Crippen LogP contribution >= 0.6 is 11.8 Å². The van der Waals surface area contributed by atoms with Crippen molar-refractivity contribution >= 4 is 23.4 Å². The Labute approximate surface area is 144 Å². The number of para-hydroxylation sites is 1. The number of thioether (sulfide) groups is 1. The van der Waals surface area contributed by atoms with Gasteiger partial charge in [0.25, 0.3) is 5.91 Å². The molecule has 0 radical (unpaired) electrons. The quantitative estimate of drug-likeness (QED) is 0.717. The summed E-state index contributed by atoms with van der Waals surface area (Å²) >= 11 is 1.60. The largest absolute Gasteiger partial charge is 0.421 e. The van der Waals surface area contributed by atoms with E-state index in [1.165, 1.54) is 0 Å². The maximum atomic E-state index is 12.7. The molecule has 0 atom stereocenters. The second kappa shape index (κ2) is 6.88. The van der Waals surface area contributed by atoms with Crippen LogP contribution < -0.4 is 5.32 Å². The number of rotatable bonds is 4. The predicted molar refractivity (Wildman–Crippen MR) is 95.4 cm³/mol. The van der Waals surface area contributed by atoms with Crippen LogP contribution in [0.1, 0.15) is 21.8 Å². The first-order chi connectivity index (χ1) is 11.6. The topological polar surface area (TPSA) is 68.0 Å².